The maximum Gasteiger partial charge on any atom is 0.309 e. The first-order chi connectivity index (χ1) is 5.74. The second kappa shape index (κ2) is 5.07. The van der Waals surface area contributed by atoms with Crippen molar-refractivity contribution in [1.82, 2.24) is 4.98 Å². The number of rotatable bonds is 3. The van der Waals surface area contributed by atoms with Crippen molar-refractivity contribution in [3.8, 4) is 0 Å². The average Bonchev–Trinajstić information content (AvgIpc) is 2.04. The van der Waals surface area contributed by atoms with Gasteiger partial charge in [0.1, 0.15) is 0 Å². The largest absolute Gasteiger partial charge is 0.481 e. The van der Waals surface area contributed by atoms with E-state index in [0.29, 0.717) is 11.4 Å². The van der Waals surface area contributed by atoms with Gasteiger partial charge in [-0.2, -0.15) is 0 Å². The molecule has 0 unspecified atom stereocenters. The van der Waals surface area contributed by atoms with Gasteiger partial charge in [0.15, 0.2) is 0 Å². The minimum Gasteiger partial charge on any atom is -0.481 e. The number of pyridine rings is 1. The number of hydrogen-bond acceptors (Lipinski definition) is 4. The van der Waals surface area contributed by atoms with Crippen LogP contribution in [0.4, 0.5) is 5.69 Å². The third-order valence-corrected chi connectivity index (χ3v) is 1.36. The van der Waals surface area contributed by atoms with E-state index in [1.54, 1.807) is 12.1 Å². The van der Waals surface area contributed by atoms with Gasteiger partial charge in [-0.15, -0.1) is 0 Å². The lowest BCUT2D eigenvalue weighted by molar-refractivity contribution is -0.136. The zero-order valence-electron chi connectivity index (χ0n) is 6.82. The van der Waals surface area contributed by atoms with Crippen LogP contribution in [0.25, 0.3) is 0 Å². The molecule has 1 aromatic heterocycles. The minimum atomic E-state index is -0.926. The zero-order valence-corrected chi connectivity index (χ0v) is 6.82. The van der Waals surface area contributed by atoms with Gasteiger partial charge in [-0.3, -0.25) is 15.6 Å². The first-order valence-corrected chi connectivity index (χ1v) is 3.36. The summed E-state index contributed by atoms with van der Waals surface area (Å²) in [6.45, 7) is 0. The highest BCUT2D eigenvalue weighted by molar-refractivity contribution is 5.72. The Balaban J connectivity index is 0.00000144. The number of aliphatic carboxylic acids is 1. The van der Waals surface area contributed by atoms with Crippen molar-refractivity contribution in [1.29, 1.82) is 0 Å². The van der Waals surface area contributed by atoms with E-state index in [4.69, 9.17) is 10.9 Å². The summed E-state index contributed by atoms with van der Waals surface area (Å²) in [6.07, 6.45) is 1.40. The highest BCUT2D eigenvalue weighted by atomic mass is 16.4. The summed E-state index contributed by atoms with van der Waals surface area (Å²) in [7, 11) is 0. The molecule has 0 bridgehead atoms. The lowest BCUT2D eigenvalue weighted by Crippen LogP contribution is -2.12. The van der Waals surface area contributed by atoms with Crippen LogP contribution in [0.1, 0.15) is 5.69 Å². The van der Waals surface area contributed by atoms with Gasteiger partial charge in [0.05, 0.1) is 17.8 Å². The minimum absolute atomic E-state index is 0. The summed E-state index contributed by atoms with van der Waals surface area (Å²) in [5.41, 5.74) is 3.35. The number of carbonyl (C=O) groups is 1. The molecule has 1 heterocycles. The highest BCUT2D eigenvalue weighted by Crippen LogP contribution is 2.10. The van der Waals surface area contributed by atoms with E-state index >= 15 is 0 Å². The molecule has 1 rings (SSSR count). The molecule has 0 fully saturated rings. The number of carboxylic acids is 1. The number of nitrogen functional groups attached to an aromatic ring is 1. The fourth-order valence-electron chi connectivity index (χ4n) is 0.854. The second-order valence-electron chi connectivity index (χ2n) is 2.21. The van der Waals surface area contributed by atoms with Crippen LogP contribution in [-0.4, -0.2) is 21.5 Å². The molecule has 0 saturated heterocycles. The van der Waals surface area contributed by atoms with Crippen molar-refractivity contribution >= 4 is 11.7 Å². The fraction of sp³-hybridized carbons (Fsp3) is 0.143. The second-order valence-corrected chi connectivity index (χ2v) is 2.21. The van der Waals surface area contributed by atoms with Crippen molar-refractivity contribution in [2.24, 2.45) is 5.84 Å². The van der Waals surface area contributed by atoms with E-state index < -0.39 is 5.97 Å². The maximum absolute atomic E-state index is 10.3. The van der Waals surface area contributed by atoms with Gasteiger partial charge >= 0.3 is 5.97 Å². The Hall–Kier alpha value is -1.66. The smallest absolute Gasteiger partial charge is 0.309 e. The molecule has 0 radical (unpaired) electrons. The molecule has 72 valence electrons. The SMILES string of the molecule is NNc1cccnc1CC(=O)O.O. The van der Waals surface area contributed by atoms with Crippen LogP contribution in [0.2, 0.25) is 0 Å². The highest BCUT2D eigenvalue weighted by Gasteiger charge is 2.05. The molecule has 0 amide bonds. The van der Waals surface area contributed by atoms with Crippen molar-refractivity contribution < 1.29 is 15.4 Å². The van der Waals surface area contributed by atoms with Crippen LogP contribution in [0.3, 0.4) is 0 Å². The fourth-order valence-corrected chi connectivity index (χ4v) is 0.854. The van der Waals surface area contributed by atoms with E-state index in [9.17, 15) is 4.79 Å². The van der Waals surface area contributed by atoms with Gasteiger partial charge in [0.2, 0.25) is 0 Å². The van der Waals surface area contributed by atoms with E-state index in [-0.39, 0.29) is 11.9 Å². The Kier molecular flexibility index (Phi) is 4.42. The monoisotopic (exact) mass is 185 g/mol. The van der Waals surface area contributed by atoms with Gasteiger partial charge in [-0.1, -0.05) is 0 Å². The van der Waals surface area contributed by atoms with Crippen LogP contribution in [0, 0.1) is 0 Å². The van der Waals surface area contributed by atoms with E-state index in [0.717, 1.165) is 0 Å². The van der Waals surface area contributed by atoms with Crippen molar-refractivity contribution in [3.63, 3.8) is 0 Å². The molecule has 6 N–H and O–H groups in total. The van der Waals surface area contributed by atoms with Gasteiger partial charge in [0, 0.05) is 6.20 Å². The maximum atomic E-state index is 10.3. The van der Waals surface area contributed by atoms with Crippen LogP contribution in [0.5, 0.6) is 0 Å². The van der Waals surface area contributed by atoms with Crippen molar-refractivity contribution in [2.75, 3.05) is 5.43 Å². The van der Waals surface area contributed by atoms with Gasteiger partial charge < -0.3 is 16.0 Å². The molecule has 1 aromatic rings. The lowest BCUT2D eigenvalue weighted by atomic mass is 10.2. The standard InChI is InChI=1S/C7H9N3O2.H2O/c8-10-5-2-1-3-9-6(5)4-7(11)12;/h1-3,10H,4,8H2,(H,11,12);1H2. The predicted molar refractivity (Wildman–Crippen MR) is 47.0 cm³/mol. The van der Waals surface area contributed by atoms with Crippen LogP contribution in [-0.2, 0) is 11.2 Å². The summed E-state index contributed by atoms with van der Waals surface area (Å²) in [5.74, 6) is 4.22. The van der Waals surface area contributed by atoms with E-state index in [1.165, 1.54) is 6.20 Å². The average molecular weight is 185 g/mol. The Labute approximate surface area is 74.7 Å². The molecular weight excluding hydrogens is 174 g/mol. The quantitative estimate of drug-likeness (QED) is 0.419. The molecule has 0 aliphatic heterocycles. The number of hydrogen-bond donors (Lipinski definition) is 3. The first kappa shape index (κ1) is 11.3. The number of carboxylic acid groups (broad SMARTS) is 1. The molecule has 6 nitrogen and oxygen atoms in total. The summed E-state index contributed by atoms with van der Waals surface area (Å²) in [6, 6.07) is 3.35. The molecule has 0 atom stereocenters. The first-order valence-electron chi connectivity index (χ1n) is 3.36. The molecule has 6 heteroatoms. The third-order valence-electron chi connectivity index (χ3n) is 1.36. The summed E-state index contributed by atoms with van der Waals surface area (Å²) in [5, 5.41) is 8.48. The molecule has 0 spiro atoms. The normalized spacial score (nSPS) is 8.69. The number of anilines is 1. The Morgan fingerprint density at radius 1 is 1.69 bits per heavy atom. The molecule has 0 aliphatic rings. The Morgan fingerprint density at radius 3 is 2.92 bits per heavy atom. The molecule has 0 aliphatic carbocycles. The third kappa shape index (κ3) is 3.06. The number of aromatic nitrogens is 1. The van der Waals surface area contributed by atoms with Crippen LogP contribution < -0.4 is 11.3 Å². The predicted octanol–water partition coefficient (Wildman–Crippen LogP) is -0.830. The number of nitrogens with one attached hydrogen (secondary N) is 1. The van der Waals surface area contributed by atoms with E-state index in [1.807, 2.05) is 0 Å². The van der Waals surface area contributed by atoms with E-state index in [2.05, 4.69) is 10.4 Å². The van der Waals surface area contributed by atoms with Gasteiger partial charge in [-0.05, 0) is 12.1 Å². The van der Waals surface area contributed by atoms with Crippen LogP contribution in [0.15, 0.2) is 18.3 Å². The van der Waals surface area contributed by atoms with Gasteiger partial charge in [-0.25, -0.2) is 0 Å². The van der Waals surface area contributed by atoms with Crippen molar-refractivity contribution in [2.45, 2.75) is 6.42 Å². The topological polar surface area (TPSA) is 120 Å². The van der Waals surface area contributed by atoms with Crippen molar-refractivity contribution in [3.05, 3.63) is 24.0 Å². The number of nitrogens with zero attached hydrogens (tertiary/aromatic N) is 1. The van der Waals surface area contributed by atoms with Gasteiger partial charge in [0.25, 0.3) is 0 Å². The summed E-state index contributed by atoms with van der Waals surface area (Å²) >= 11 is 0. The zero-order chi connectivity index (χ0) is 8.97. The number of hydrazine groups is 1. The molecule has 0 saturated carbocycles. The van der Waals surface area contributed by atoms with Crippen LogP contribution >= 0.6 is 0 Å². The summed E-state index contributed by atoms with van der Waals surface area (Å²) < 4.78 is 0. The lowest BCUT2D eigenvalue weighted by Gasteiger charge is -2.03. The Bertz CT molecular complexity index is 290. The molecular formula is C7H11N3O3. The molecule has 13 heavy (non-hydrogen) atoms. The number of nitrogens with two attached hydrogens (primary N) is 1. The summed E-state index contributed by atoms with van der Waals surface area (Å²) in [4.78, 5) is 14.2. The Morgan fingerprint density at radius 2 is 2.38 bits per heavy atom. The molecule has 0 aromatic carbocycles.